The predicted octanol–water partition coefficient (Wildman–Crippen LogP) is 3.90. The number of rotatable bonds is 7. The second-order valence-corrected chi connectivity index (χ2v) is 12.4. The largest absolute Gasteiger partial charge is 0.475 e. The summed E-state index contributed by atoms with van der Waals surface area (Å²) < 4.78 is 33.5. The first kappa shape index (κ1) is 27.3. The molecule has 0 spiro atoms. The maximum atomic E-state index is 13.3. The van der Waals surface area contributed by atoms with Gasteiger partial charge in [0.15, 0.2) is 5.03 Å². The zero-order valence-electron chi connectivity index (χ0n) is 22.3. The van der Waals surface area contributed by atoms with E-state index in [0.29, 0.717) is 36.4 Å². The van der Waals surface area contributed by atoms with Crippen LogP contribution < -0.4 is 20.1 Å². The number of nitrogens with one attached hydrogen (secondary N) is 1. The average molecular weight is 539 g/mol. The van der Waals surface area contributed by atoms with Crippen LogP contribution in [0.1, 0.15) is 51.4 Å². The molecular formula is C27H34N6O4S. The van der Waals surface area contributed by atoms with Crippen molar-refractivity contribution in [1.82, 2.24) is 19.7 Å². The Morgan fingerprint density at radius 3 is 2.50 bits per heavy atom. The lowest BCUT2D eigenvalue weighted by atomic mass is 9.80. The molecule has 0 aliphatic carbocycles. The Kier molecular flexibility index (Phi) is 7.59. The summed E-state index contributed by atoms with van der Waals surface area (Å²) in [5.74, 6) is 0.563. The van der Waals surface area contributed by atoms with Gasteiger partial charge in [-0.05, 0) is 61.9 Å². The fraction of sp³-hybridized carbons (Fsp3) is 0.407. The van der Waals surface area contributed by atoms with Gasteiger partial charge in [0.1, 0.15) is 11.6 Å². The Balaban J connectivity index is 1.69. The van der Waals surface area contributed by atoms with Crippen molar-refractivity contribution in [3.63, 3.8) is 0 Å². The topological polar surface area (TPSA) is 140 Å². The molecule has 3 aromatic rings. The van der Waals surface area contributed by atoms with E-state index in [2.05, 4.69) is 35.5 Å². The SMILES string of the molecule is CC(C)Oc1ccc(-c2ccc(C(=O)NS(=O)(=O)c3cccc(N)n3)c(N3CCC(C(C)(C)C)C3)n2)cn1. The molecule has 11 heteroatoms. The lowest BCUT2D eigenvalue weighted by molar-refractivity contribution is 0.0981. The smallest absolute Gasteiger partial charge is 0.281 e. The van der Waals surface area contributed by atoms with Crippen molar-refractivity contribution in [3.8, 4) is 17.1 Å². The van der Waals surface area contributed by atoms with E-state index in [4.69, 9.17) is 15.5 Å². The highest BCUT2D eigenvalue weighted by molar-refractivity contribution is 7.90. The number of nitrogen functional groups attached to an aromatic ring is 1. The Morgan fingerprint density at radius 1 is 1.13 bits per heavy atom. The van der Waals surface area contributed by atoms with Crippen molar-refractivity contribution in [2.75, 3.05) is 23.7 Å². The van der Waals surface area contributed by atoms with Crippen molar-refractivity contribution in [3.05, 3.63) is 54.2 Å². The van der Waals surface area contributed by atoms with Crippen LogP contribution in [-0.2, 0) is 10.0 Å². The third-order valence-corrected chi connectivity index (χ3v) is 7.70. The van der Waals surface area contributed by atoms with Crippen LogP contribution >= 0.6 is 0 Å². The Bertz CT molecular complexity index is 1420. The lowest BCUT2D eigenvalue weighted by Gasteiger charge is -2.28. The quantitative estimate of drug-likeness (QED) is 0.458. The number of hydrogen-bond donors (Lipinski definition) is 2. The van der Waals surface area contributed by atoms with Gasteiger partial charge in [-0.15, -0.1) is 0 Å². The number of ether oxygens (including phenoxy) is 1. The Hall–Kier alpha value is -3.73. The molecule has 0 aromatic carbocycles. The molecule has 1 amide bonds. The predicted molar refractivity (Wildman–Crippen MR) is 146 cm³/mol. The summed E-state index contributed by atoms with van der Waals surface area (Å²) in [6.45, 7) is 11.8. The number of amides is 1. The van der Waals surface area contributed by atoms with E-state index in [1.54, 1.807) is 24.4 Å². The molecule has 10 nitrogen and oxygen atoms in total. The van der Waals surface area contributed by atoms with Gasteiger partial charge in [-0.2, -0.15) is 8.42 Å². The minimum Gasteiger partial charge on any atom is -0.475 e. The van der Waals surface area contributed by atoms with Gasteiger partial charge in [-0.3, -0.25) is 4.79 Å². The van der Waals surface area contributed by atoms with Gasteiger partial charge in [0.2, 0.25) is 5.88 Å². The molecule has 1 fully saturated rings. The van der Waals surface area contributed by atoms with Crippen LogP contribution in [0.15, 0.2) is 53.7 Å². The molecule has 0 radical (unpaired) electrons. The maximum absolute atomic E-state index is 13.3. The molecule has 1 aliphatic heterocycles. The van der Waals surface area contributed by atoms with Gasteiger partial charge in [0, 0.05) is 30.9 Å². The van der Waals surface area contributed by atoms with Crippen LogP contribution in [0.3, 0.4) is 0 Å². The second kappa shape index (κ2) is 10.6. The molecule has 202 valence electrons. The molecule has 1 aliphatic rings. The van der Waals surface area contributed by atoms with Crippen molar-refractivity contribution in [2.24, 2.45) is 11.3 Å². The molecular weight excluding hydrogens is 504 g/mol. The van der Waals surface area contributed by atoms with E-state index in [-0.39, 0.29) is 27.9 Å². The third kappa shape index (κ3) is 6.21. The lowest BCUT2D eigenvalue weighted by Crippen LogP contribution is -2.34. The number of sulfonamides is 1. The first-order valence-electron chi connectivity index (χ1n) is 12.5. The Labute approximate surface area is 223 Å². The molecule has 4 rings (SSSR count). The zero-order chi connectivity index (χ0) is 27.7. The highest BCUT2D eigenvalue weighted by Gasteiger charge is 2.34. The minimum absolute atomic E-state index is 0.000563. The molecule has 3 N–H and O–H groups in total. The summed E-state index contributed by atoms with van der Waals surface area (Å²) >= 11 is 0. The van der Waals surface area contributed by atoms with E-state index >= 15 is 0 Å². The van der Waals surface area contributed by atoms with Crippen molar-refractivity contribution >= 4 is 27.6 Å². The zero-order valence-corrected chi connectivity index (χ0v) is 23.1. The summed E-state index contributed by atoms with van der Waals surface area (Å²) in [5, 5.41) is -0.333. The van der Waals surface area contributed by atoms with Gasteiger partial charge < -0.3 is 15.4 Å². The summed E-state index contributed by atoms with van der Waals surface area (Å²) in [7, 11) is -4.24. The van der Waals surface area contributed by atoms with E-state index in [9.17, 15) is 13.2 Å². The molecule has 4 heterocycles. The molecule has 1 saturated heterocycles. The van der Waals surface area contributed by atoms with Gasteiger partial charge in [-0.1, -0.05) is 26.8 Å². The molecule has 38 heavy (non-hydrogen) atoms. The number of carbonyl (C=O) groups is 1. The van der Waals surface area contributed by atoms with E-state index in [0.717, 1.165) is 12.0 Å². The summed E-state index contributed by atoms with van der Waals surface area (Å²) in [4.78, 5) is 28.4. The maximum Gasteiger partial charge on any atom is 0.281 e. The van der Waals surface area contributed by atoms with Crippen LogP contribution in [0, 0.1) is 11.3 Å². The van der Waals surface area contributed by atoms with Crippen molar-refractivity contribution in [2.45, 2.75) is 52.2 Å². The molecule has 0 bridgehead atoms. The fourth-order valence-electron chi connectivity index (χ4n) is 4.34. The second-order valence-electron chi connectivity index (χ2n) is 10.8. The number of nitrogens with zero attached hydrogens (tertiary/aromatic N) is 4. The van der Waals surface area contributed by atoms with Crippen LogP contribution in [-0.4, -0.2) is 48.5 Å². The van der Waals surface area contributed by atoms with Crippen molar-refractivity contribution < 1.29 is 17.9 Å². The van der Waals surface area contributed by atoms with Gasteiger partial charge in [0.05, 0.1) is 17.4 Å². The number of pyridine rings is 3. The van der Waals surface area contributed by atoms with Gasteiger partial charge in [-0.25, -0.2) is 19.7 Å². The monoisotopic (exact) mass is 538 g/mol. The van der Waals surface area contributed by atoms with Gasteiger partial charge >= 0.3 is 0 Å². The molecule has 1 unspecified atom stereocenters. The number of carbonyl (C=O) groups excluding carboxylic acids is 1. The Morgan fingerprint density at radius 2 is 1.89 bits per heavy atom. The standard InChI is InChI=1S/C27H34N6O4S/c1-17(2)37-23-12-9-18(15-29-23)21-11-10-20(25(30-21)33-14-13-19(16-33)27(3,4)5)26(34)32-38(35,36)24-8-6-7-22(28)31-24/h6-12,15,17,19H,13-14,16H2,1-5H3,(H2,28,31)(H,32,34). The highest BCUT2D eigenvalue weighted by Crippen LogP contribution is 2.37. The van der Waals surface area contributed by atoms with Crippen LogP contribution in [0.4, 0.5) is 11.6 Å². The third-order valence-electron chi connectivity index (χ3n) is 6.47. The summed E-state index contributed by atoms with van der Waals surface area (Å²) in [5.41, 5.74) is 7.23. The highest BCUT2D eigenvalue weighted by atomic mass is 32.2. The average Bonchev–Trinajstić information content (AvgIpc) is 3.35. The first-order valence-corrected chi connectivity index (χ1v) is 14.0. The number of hydrogen-bond acceptors (Lipinski definition) is 9. The van der Waals surface area contributed by atoms with E-state index < -0.39 is 15.9 Å². The minimum atomic E-state index is -4.24. The fourth-order valence-corrected chi connectivity index (χ4v) is 5.28. The number of anilines is 2. The van der Waals surface area contributed by atoms with E-state index in [1.807, 2.05) is 24.8 Å². The molecule has 1 atom stereocenters. The molecule has 0 saturated carbocycles. The molecule has 3 aromatic heterocycles. The summed E-state index contributed by atoms with van der Waals surface area (Å²) in [6.07, 6.45) is 2.60. The number of aromatic nitrogens is 3. The van der Waals surface area contributed by atoms with Crippen LogP contribution in [0.2, 0.25) is 0 Å². The van der Waals surface area contributed by atoms with E-state index in [1.165, 1.54) is 18.2 Å². The summed E-state index contributed by atoms with van der Waals surface area (Å²) in [6, 6.07) is 11.1. The number of nitrogens with two attached hydrogens (primary N) is 1. The van der Waals surface area contributed by atoms with Crippen LogP contribution in [0.25, 0.3) is 11.3 Å². The van der Waals surface area contributed by atoms with Crippen LogP contribution in [0.5, 0.6) is 5.88 Å². The van der Waals surface area contributed by atoms with Gasteiger partial charge in [0.25, 0.3) is 15.9 Å². The first-order chi connectivity index (χ1) is 17.8. The normalized spacial score (nSPS) is 16.1. The van der Waals surface area contributed by atoms with Crippen molar-refractivity contribution in [1.29, 1.82) is 0 Å².